The highest BCUT2D eigenvalue weighted by Gasteiger charge is 2.18. The van der Waals surface area contributed by atoms with Crippen LogP contribution in [0.15, 0.2) is 87.2 Å². The fourth-order valence-electron chi connectivity index (χ4n) is 4.00. The number of rotatable bonds is 8. The van der Waals surface area contributed by atoms with E-state index in [4.69, 9.17) is 23.9 Å². The average molecular weight is 514 g/mol. The first-order valence-corrected chi connectivity index (χ1v) is 12.9. The van der Waals surface area contributed by atoms with Crippen molar-refractivity contribution < 1.29 is 13.9 Å². The van der Waals surface area contributed by atoms with Crippen molar-refractivity contribution in [2.24, 2.45) is 0 Å². The maximum absolute atomic E-state index is 13.6. The summed E-state index contributed by atoms with van der Waals surface area (Å²) in [5.41, 5.74) is 2.78. The smallest absolute Gasteiger partial charge is 0.266 e. The number of nitrogens with zero attached hydrogens (tertiary/aromatic N) is 3. The van der Waals surface area contributed by atoms with E-state index in [1.54, 1.807) is 17.7 Å². The van der Waals surface area contributed by atoms with Gasteiger partial charge in [0.15, 0.2) is 5.16 Å². The van der Waals surface area contributed by atoms with Gasteiger partial charge in [0.05, 0.1) is 35.5 Å². The lowest BCUT2D eigenvalue weighted by Crippen LogP contribution is -2.22. The fourth-order valence-corrected chi connectivity index (χ4v) is 5.01. The van der Waals surface area contributed by atoms with Gasteiger partial charge in [-0.05, 0) is 69.3 Å². The summed E-state index contributed by atoms with van der Waals surface area (Å²) < 4.78 is 18.9. The van der Waals surface area contributed by atoms with Gasteiger partial charge in [0, 0.05) is 11.3 Å². The van der Waals surface area contributed by atoms with Gasteiger partial charge in [-0.3, -0.25) is 9.36 Å². The molecule has 0 spiro atoms. The number of methoxy groups -OCH3 is 1. The predicted octanol–water partition coefficient (Wildman–Crippen LogP) is 6.44. The van der Waals surface area contributed by atoms with Gasteiger partial charge in [-0.2, -0.15) is 0 Å². The molecule has 0 atom stereocenters. The minimum absolute atomic E-state index is 0.107. The quantitative estimate of drug-likeness (QED) is 0.175. The zero-order valence-corrected chi connectivity index (χ0v) is 21.9. The van der Waals surface area contributed by atoms with E-state index in [2.05, 4.69) is 0 Å². The molecule has 0 radical (unpaired) electrons. The lowest BCUT2D eigenvalue weighted by molar-refractivity contribution is 0.242. The van der Waals surface area contributed by atoms with E-state index < -0.39 is 0 Å². The van der Waals surface area contributed by atoms with Crippen molar-refractivity contribution in [3.05, 3.63) is 94.6 Å². The highest BCUT2D eigenvalue weighted by molar-refractivity contribution is 7.98. The molecule has 7 nitrogen and oxygen atoms in total. The second-order valence-corrected chi connectivity index (χ2v) is 9.67. The number of hydrogen-bond donors (Lipinski definition) is 0. The van der Waals surface area contributed by atoms with Crippen LogP contribution in [0.2, 0.25) is 0 Å². The molecule has 37 heavy (non-hydrogen) atoms. The van der Waals surface area contributed by atoms with Crippen LogP contribution in [0, 0.1) is 6.92 Å². The van der Waals surface area contributed by atoms with E-state index in [-0.39, 0.29) is 11.7 Å². The number of fused-ring (bicyclic) bond motifs is 1. The monoisotopic (exact) mass is 513 g/mol. The Labute approximate surface area is 219 Å². The molecule has 0 bridgehead atoms. The van der Waals surface area contributed by atoms with Crippen molar-refractivity contribution >= 4 is 22.7 Å². The topological polar surface area (TPSA) is 79.4 Å². The SMILES string of the molecule is COc1ccccc1-n1c(SCc2nc(-c3ccc(OC(C)C)cc3)oc2C)nc2ccccc2c1=O. The van der Waals surface area contributed by atoms with E-state index >= 15 is 0 Å². The van der Waals surface area contributed by atoms with Crippen LogP contribution in [0.4, 0.5) is 0 Å². The van der Waals surface area contributed by atoms with Gasteiger partial charge in [-0.1, -0.05) is 36.0 Å². The molecule has 0 unspecified atom stereocenters. The third-order valence-corrected chi connectivity index (χ3v) is 6.72. The van der Waals surface area contributed by atoms with Crippen LogP contribution in [0.1, 0.15) is 25.3 Å². The molecular formula is C29H27N3O4S. The Bertz CT molecular complexity index is 1610. The maximum Gasteiger partial charge on any atom is 0.266 e. The minimum Gasteiger partial charge on any atom is -0.495 e. The Morgan fingerprint density at radius 2 is 1.70 bits per heavy atom. The Balaban J connectivity index is 1.48. The van der Waals surface area contributed by atoms with E-state index in [9.17, 15) is 4.79 Å². The largest absolute Gasteiger partial charge is 0.495 e. The lowest BCUT2D eigenvalue weighted by Gasteiger charge is -2.15. The zero-order valence-electron chi connectivity index (χ0n) is 21.1. The Morgan fingerprint density at radius 1 is 0.973 bits per heavy atom. The molecule has 0 aliphatic rings. The maximum atomic E-state index is 13.6. The van der Waals surface area contributed by atoms with Crippen molar-refractivity contribution in [3.8, 4) is 28.6 Å². The summed E-state index contributed by atoms with van der Waals surface area (Å²) in [7, 11) is 1.59. The molecule has 0 N–H and O–H groups in total. The Hall–Kier alpha value is -4.04. The molecule has 5 aromatic rings. The average Bonchev–Trinajstić information content (AvgIpc) is 3.28. The number of benzene rings is 3. The molecule has 3 aromatic carbocycles. The van der Waals surface area contributed by atoms with Gasteiger partial charge < -0.3 is 13.9 Å². The number of thioether (sulfide) groups is 1. The van der Waals surface area contributed by atoms with E-state index in [0.717, 1.165) is 22.8 Å². The van der Waals surface area contributed by atoms with Gasteiger partial charge >= 0.3 is 0 Å². The summed E-state index contributed by atoms with van der Waals surface area (Å²) in [6.45, 7) is 5.88. The molecule has 0 aliphatic carbocycles. The molecular weight excluding hydrogens is 486 g/mol. The molecule has 0 fully saturated rings. The third kappa shape index (κ3) is 5.11. The summed E-state index contributed by atoms with van der Waals surface area (Å²) >= 11 is 1.43. The van der Waals surface area contributed by atoms with Crippen LogP contribution in [0.5, 0.6) is 11.5 Å². The second-order valence-electron chi connectivity index (χ2n) is 8.73. The highest BCUT2D eigenvalue weighted by Crippen LogP contribution is 2.31. The molecule has 8 heteroatoms. The number of para-hydroxylation sites is 3. The molecule has 5 rings (SSSR count). The molecule has 2 aromatic heterocycles. The molecule has 0 saturated heterocycles. The van der Waals surface area contributed by atoms with Gasteiger partial charge in [0.25, 0.3) is 5.56 Å². The molecule has 0 aliphatic heterocycles. The van der Waals surface area contributed by atoms with Gasteiger partial charge in [0.2, 0.25) is 5.89 Å². The third-order valence-electron chi connectivity index (χ3n) is 5.77. The Kier molecular flexibility index (Phi) is 7.01. The van der Waals surface area contributed by atoms with Crippen molar-refractivity contribution in [3.63, 3.8) is 0 Å². The highest BCUT2D eigenvalue weighted by atomic mass is 32.2. The van der Waals surface area contributed by atoms with Crippen LogP contribution in [0.25, 0.3) is 28.0 Å². The number of aryl methyl sites for hydroxylation is 1. The van der Waals surface area contributed by atoms with Gasteiger partial charge in [-0.15, -0.1) is 0 Å². The molecule has 188 valence electrons. The summed E-state index contributed by atoms with van der Waals surface area (Å²) in [5, 5.41) is 1.09. The normalized spacial score (nSPS) is 11.3. The van der Waals surface area contributed by atoms with Crippen molar-refractivity contribution in [1.82, 2.24) is 14.5 Å². The summed E-state index contributed by atoms with van der Waals surface area (Å²) in [4.78, 5) is 23.2. The van der Waals surface area contributed by atoms with Crippen molar-refractivity contribution in [1.29, 1.82) is 0 Å². The standard InChI is InChI=1S/C29H27N3O4S/c1-18(2)35-21-15-13-20(14-16-21)27-30-24(19(3)36-27)17-37-29-31-23-10-6-5-9-22(23)28(33)32(29)25-11-7-8-12-26(25)34-4/h5-16,18H,17H2,1-4H3. The minimum atomic E-state index is -0.154. The first-order valence-electron chi connectivity index (χ1n) is 12.0. The van der Waals surface area contributed by atoms with Crippen molar-refractivity contribution in [2.45, 2.75) is 37.8 Å². The first-order chi connectivity index (χ1) is 17.9. The van der Waals surface area contributed by atoms with Crippen LogP contribution >= 0.6 is 11.8 Å². The number of ether oxygens (including phenoxy) is 2. The van der Waals surface area contributed by atoms with Crippen LogP contribution in [0.3, 0.4) is 0 Å². The summed E-state index contributed by atoms with van der Waals surface area (Å²) in [6, 6.07) is 22.5. The predicted molar refractivity (Wildman–Crippen MR) is 146 cm³/mol. The van der Waals surface area contributed by atoms with Crippen LogP contribution in [-0.4, -0.2) is 27.7 Å². The van der Waals surface area contributed by atoms with E-state index in [1.165, 1.54) is 11.8 Å². The molecule has 0 amide bonds. The zero-order chi connectivity index (χ0) is 25.9. The molecule has 2 heterocycles. The van der Waals surface area contributed by atoms with E-state index in [0.29, 0.717) is 39.1 Å². The number of aromatic nitrogens is 3. The molecule has 0 saturated carbocycles. The lowest BCUT2D eigenvalue weighted by atomic mass is 10.2. The van der Waals surface area contributed by atoms with Crippen molar-refractivity contribution in [2.75, 3.05) is 7.11 Å². The Morgan fingerprint density at radius 3 is 2.46 bits per heavy atom. The fraction of sp³-hybridized carbons (Fsp3) is 0.207. The summed E-state index contributed by atoms with van der Waals surface area (Å²) in [6.07, 6.45) is 0.107. The number of hydrogen-bond acceptors (Lipinski definition) is 7. The first kappa shape index (κ1) is 24.6. The van der Waals surface area contributed by atoms with Crippen LogP contribution in [-0.2, 0) is 5.75 Å². The van der Waals surface area contributed by atoms with Crippen LogP contribution < -0.4 is 15.0 Å². The van der Waals surface area contributed by atoms with Gasteiger partial charge in [-0.25, -0.2) is 9.97 Å². The number of oxazole rings is 1. The van der Waals surface area contributed by atoms with Gasteiger partial charge in [0.1, 0.15) is 17.3 Å². The second kappa shape index (κ2) is 10.5. The van der Waals surface area contributed by atoms with E-state index in [1.807, 2.05) is 87.5 Å². The summed E-state index contributed by atoms with van der Waals surface area (Å²) in [5.74, 6) is 3.13.